The van der Waals surface area contributed by atoms with E-state index in [0.717, 1.165) is 27.1 Å². The maximum atomic E-state index is 12.1. The average molecular weight is 386 g/mol. The van der Waals surface area contributed by atoms with E-state index in [1.54, 1.807) is 6.08 Å². The van der Waals surface area contributed by atoms with E-state index in [4.69, 9.17) is 0 Å². The van der Waals surface area contributed by atoms with Gasteiger partial charge in [0.05, 0.1) is 0 Å². The highest BCUT2D eigenvalue weighted by atomic mass is 79.9. The molecule has 1 aromatic carbocycles. The molecule has 0 saturated heterocycles. The van der Waals surface area contributed by atoms with Crippen molar-refractivity contribution in [2.45, 2.75) is 33.7 Å². The quantitative estimate of drug-likeness (QED) is 0.630. The van der Waals surface area contributed by atoms with Gasteiger partial charge in [0, 0.05) is 27.6 Å². The number of nitriles is 1. The van der Waals surface area contributed by atoms with Gasteiger partial charge in [-0.2, -0.15) is 5.26 Å². The van der Waals surface area contributed by atoms with E-state index in [1.165, 1.54) is 0 Å². The molecule has 1 heterocycles. The van der Waals surface area contributed by atoms with Gasteiger partial charge < -0.3 is 9.88 Å². The van der Waals surface area contributed by atoms with Crippen molar-refractivity contribution in [3.8, 4) is 11.8 Å². The zero-order valence-corrected chi connectivity index (χ0v) is 15.8. The van der Waals surface area contributed by atoms with Crippen LogP contribution in [0.3, 0.4) is 0 Å². The van der Waals surface area contributed by atoms with Crippen LogP contribution in [0.5, 0.6) is 0 Å². The average Bonchev–Trinajstić information content (AvgIpc) is 2.79. The molecule has 0 atom stereocenters. The minimum atomic E-state index is -0.346. The van der Waals surface area contributed by atoms with Crippen LogP contribution >= 0.6 is 15.9 Å². The van der Waals surface area contributed by atoms with E-state index in [2.05, 4.69) is 25.8 Å². The maximum absolute atomic E-state index is 12.1. The molecule has 0 spiro atoms. The Kier molecular flexibility index (Phi) is 5.63. The highest BCUT2D eigenvalue weighted by Crippen LogP contribution is 2.24. The molecule has 1 aromatic heterocycles. The number of amides is 1. The highest BCUT2D eigenvalue weighted by Gasteiger charge is 2.14. The van der Waals surface area contributed by atoms with Crippen LogP contribution in [0.1, 0.15) is 30.8 Å². The Bertz CT molecular complexity index is 824. The topological polar surface area (TPSA) is 57.8 Å². The summed E-state index contributed by atoms with van der Waals surface area (Å²) in [6.45, 7) is 7.72. The van der Waals surface area contributed by atoms with Crippen molar-refractivity contribution in [2.75, 3.05) is 0 Å². The molecule has 0 unspecified atom stereocenters. The van der Waals surface area contributed by atoms with Crippen LogP contribution in [0.15, 0.2) is 40.4 Å². The molecule has 24 heavy (non-hydrogen) atoms. The molecule has 5 heteroatoms. The number of aryl methyl sites for hydroxylation is 1. The van der Waals surface area contributed by atoms with Gasteiger partial charge in [-0.1, -0.05) is 15.9 Å². The lowest BCUT2D eigenvalue weighted by atomic mass is 10.1. The molecule has 0 saturated carbocycles. The summed E-state index contributed by atoms with van der Waals surface area (Å²) in [4.78, 5) is 12.1. The monoisotopic (exact) mass is 385 g/mol. The number of benzene rings is 1. The third kappa shape index (κ3) is 3.95. The molecule has 0 aliphatic heterocycles. The van der Waals surface area contributed by atoms with E-state index < -0.39 is 0 Å². The van der Waals surface area contributed by atoms with Crippen molar-refractivity contribution in [2.24, 2.45) is 0 Å². The van der Waals surface area contributed by atoms with Crippen molar-refractivity contribution >= 4 is 27.9 Å². The predicted molar refractivity (Wildman–Crippen MR) is 99.8 cm³/mol. The number of hydrogen-bond acceptors (Lipinski definition) is 2. The van der Waals surface area contributed by atoms with Crippen LogP contribution in [0.2, 0.25) is 0 Å². The van der Waals surface area contributed by atoms with Crippen molar-refractivity contribution < 1.29 is 4.79 Å². The molecule has 0 aliphatic carbocycles. The van der Waals surface area contributed by atoms with Gasteiger partial charge in [-0.3, -0.25) is 4.79 Å². The second-order valence-electron chi connectivity index (χ2n) is 5.94. The number of aromatic nitrogens is 1. The number of rotatable bonds is 4. The molecule has 2 rings (SSSR count). The van der Waals surface area contributed by atoms with Gasteiger partial charge in [-0.25, -0.2) is 0 Å². The lowest BCUT2D eigenvalue weighted by Gasteiger charge is -2.10. The molecule has 1 amide bonds. The van der Waals surface area contributed by atoms with Gasteiger partial charge in [0.15, 0.2) is 0 Å². The summed E-state index contributed by atoms with van der Waals surface area (Å²) in [7, 11) is 0. The molecule has 2 aromatic rings. The number of carbonyl (C=O) groups excluding carboxylic acids is 1. The van der Waals surface area contributed by atoms with Crippen molar-refractivity contribution in [1.29, 1.82) is 5.26 Å². The summed E-state index contributed by atoms with van der Waals surface area (Å²) in [6.07, 6.45) is 1.65. The lowest BCUT2D eigenvalue weighted by Crippen LogP contribution is -2.30. The van der Waals surface area contributed by atoms with Crippen LogP contribution in [-0.2, 0) is 4.79 Å². The molecule has 0 radical (unpaired) electrons. The lowest BCUT2D eigenvalue weighted by molar-refractivity contribution is -0.117. The highest BCUT2D eigenvalue weighted by molar-refractivity contribution is 9.10. The van der Waals surface area contributed by atoms with E-state index in [9.17, 15) is 10.1 Å². The first-order chi connectivity index (χ1) is 11.3. The molecule has 4 nitrogen and oxygen atoms in total. The van der Waals surface area contributed by atoms with E-state index in [-0.39, 0.29) is 17.5 Å². The predicted octanol–water partition coefficient (Wildman–Crippen LogP) is 4.29. The van der Waals surface area contributed by atoms with Gasteiger partial charge in [-0.05, 0) is 69.7 Å². The smallest absolute Gasteiger partial charge is 0.262 e. The van der Waals surface area contributed by atoms with Gasteiger partial charge in [-0.15, -0.1) is 0 Å². The summed E-state index contributed by atoms with van der Waals surface area (Å²) in [5.74, 6) is -0.346. The minimum absolute atomic E-state index is 0.00977. The Morgan fingerprint density at radius 1 is 1.29 bits per heavy atom. The summed E-state index contributed by atoms with van der Waals surface area (Å²) < 4.78 is 3.12. The van der Waals surface area contributed by atoms with Crippen LogP contribution < -0.4 is 5.32 Å². The van der Waals surface area contributed by atoms with Gasteiger partial charge in [0.1, 0.15) is 11.6 Å². The standard InChI is InChI=1S/C19H20BrN3O/c1-12(2)22-19(24)16(11-21)10-15-9-13(3)23(14(15)4)18-7-5-17(20)6-8-18/h5-10,12H,1-4H3,(H,22,24)/b16-10+. The SMILES string of the molecule is Cc1cc(/C=C(\C#N)C(=O)NC(C)C)c(C)n1-c1ccc(Br)cc1. The first kappa shape index (κ1) is 18.0. The van der Waals surface area contributed by atoms with Gasteiger partial charge in [0.2, 0.25) is 0 Å². The number of hydrogen-bond donors (Lipinski definition) is 1. The molecule has 0 aliphatic rings. The molecular weight excluding hydrogens is 366 g/mol. The Morgan fingerprint density at radius 3 is 2.46 bits per heavy atom. The molecule has 0 fully saturated rings. The Morgan fingerprint density at radius 2 is 1.92 bits per heavy atom. The first-order valence-electron chi connectivity index (χ1n) is 7.71. The fourth-order valence-electron chi connectivity index (χ4n) is 2.57. The number of carbonyl (C=O) groups is 1. The summed E-state index contributed by atoms with van der Waals surface area (Å²) in [5.41, 5.74) is 4.05. The fraction of sp³-hybridized carbons (Fsp3) is 0.263. The van der Waals surface area contributed by atoms with Crippen LogP contribution in [0, 0.1) is 25.2 Å². The minimum Gasteiger partial charge on any atom is -0.349 e. The molecular formula is C19H20BrN3O. The van der Waals surface area contributed by atoms with E-state index in [1.807, 2.05) is 64.1 Å². The largest absolute Gasteiger partial charge is 0.349 e. The summed E-state index contributed by atoms with van der Waals surface area (Å²) in [6, 6.07) is 12.0. The number of nitrogens with zero attached hydrogens (tertiary/aromatic N) is 2. The van der Waals surface area contributed by atoms with Crippen LogP contribution in [0.4, 0.5) is 0 Å². The Hall–Kier alpha value is -2.32. The first-order valence-corrected chi connectivity index (χ1v) is 8.50. The normalized spacial score (nSPS) is 11.5. The van der Waals surface area contributed by atoms with Gasteiger partial charge >= 0.3 is 0 Å². The molecule has 124 valence electrons. The van der Waals surface area contributed by atoms with Crippen molar-refractivity contribution in [1.82, 2.24) is 9.88 Å². The van der Waals surface area contributed by atoms with Crippen LogP contribution in [0.25, 0.3) is 11.8 Å². The fourth-order valence-corrected chi connectivity index (χ4v) is 2.83. The number of nitrogens with one attached hydrogen (secondary N) is 1. The second kappa shape index (κ2) is 7.50. The molecule has 0 bridgehead atoms. The summed E-state index contributed by atoms with van der Waals surface area (Å²) in [5, 5.41) is 12.0. The van der Waals surface area contributed by atoms with Gasteiger partial charge in [0.25, 0.3) is 5.91 Å². The zero-order chi connectivity index (χ0) is 17.9. The van der Waals surface area contributed by atoms with Crippen molar-refractivity contribution in [3.63, 3.8) is 0 Å². The van der Waals surface area contributed by atoms with E-state index >= 15 is 0 Å². The Labute approximate surface area is 150 Å². The maximum Gasteiger partial charge on any atom is 0.262 e. The zero-order valence-electron chi connectivity index (χ0n) is 14.2. The van der Waals surface area contributed by atoms with E-state index in [0.29, 0.717) is 0 Å². The third-order valence-corrected chi connectivity index (χ3v) is 4.17. The second-order valence-corrected chi connectivity index (χ2v) is 6.85. The molecule has 1 N–H and O–H groups in total. The third-order valence-electron chi connectivity index (χ3n) is 3.64. The summed E-state index contributed by atoms with van der Waals surface area (Å²) >= 11 is 3.44. The number of halogens is 1. The van der Waals surface area contributed by atoms with Crippen LogP contribution in [-0.4, -0.2) is 16.5 Å². The Balaban J connectivity index is 2.44. The van der Waals surface area contributed by atoms with Crippen molar-refractivity contribution in [3.05, 3.63) is 57.3 Å².